The molecule has 0 saturated heterocycles. The molecule has 0 radical (unpaired) electrons. The summed E-state index contributed by atoms with van der Waals surface area (Å²) in [5, 5.41) is 0. The van der Waals surface area contributed by atoms with Gasteiger partial charge in [0.1, 0.15) is 13.2 Å². The lowest BCUT2D eigenvalue weighted by molar-refractivity contribution is -0.149. The van der Waals surface area contributed by atoms with Gasteiger partial charge in [-0.15, -0.1) is 0 Å². The van der Waals surface area contributed by atoms with Gasteiger partial charge in [0, 0.05) is 6.42 Å². The Hall–Kier alpha value is -4.92. The van der Waals surface area contributed by atoms with E-state index in [9.17, 15) is 19.2 Å². The SMILES string of the molecule is CCC(C)C(=O)OCCOC(=O)Oc1c(Cc2ccccc2)c(=O)n(Cc2ccccc2)c(=O)n1-c1ccccc1. The van der Waals surface area contributed by atoms with E-state index in [1.807, 2.05) is 67.6 Å². The first-order chi connectivity index (χ1) is 19.9. The van der Waals surface area contributed by atoms with Crippen molar-refractivity contribution in [2.24, 2.45) is 5.92 Å². The predicted molar refractivity (Wildman–Crippen MR) is 153 cm³/mol. The third-order valence-corrected chi connectivity index (χ3v) is 6.55. The highest BCUT2D eigenvalue weighted by Gasteiger charge is 2.25. The first-order valence-electron chi connectivity index (χ1n) is 13.4. The van der Waals surface area contributed by atoms with Gasteiger partial charge >= 0.3 is 17.8 Å². The quantitative estimate of drug-likeness (QED) is 0.194. The largest absolute Gasteiger partial charge is 0.515 e. The molecule has 0 aliphatic heterocycles. The summed E-state index contributed by atoms with van der Waals surface area (Å²) in [6.07, 6.45) is -0.418. The van der Waals surface area contributed by atoms with Crippen molar-refractivity contribution in [3.63, 3.8) is 0 Å². The highest BCUT2D eigenvalue weighted by atomic mass is 16.7. The van der Waals surface area contributed by atoms with Gasteiger partial charge in [-0.2, -0.15) is 0 Å². The number of hydrogen-bond donors (Lipinski definition) is 0. The van der Waals surface area contributed by atoms with Crippen LogP contribution in [0.4, 0.5) is 4.79 Å². The Morgan fingerprint density at radius 1 is 0.780 bits per heavy atom. The fourth-order valence-electron chi connectivity index (χ4n) is 4.14. The summed E-state index contributed by atoms with van der Waals surface area (Å²) in [7, 11) is 0. The van der Waals surface area contributed by atoms with Crippen LogP contribution in [0.3, 0.4) is 0 Å². The third kappa shape index (κ3) is 7.39. The Labute approximate surface area is 237 Å². The number of ether oxygens (including phenoxy) is 3. The molecule has 4 aromatic rings. The van der Waals surface area contributed by atoms with E-state index >= 15 is 0 Å². The van der Waals surface area contributed by atoms with Gasteiger partial charge < -0.3 is 14.2 Å². The normalized spacial score (nSPS) is 11.5. The minimum absolute atomic E-state index is 0.0272. The van der Waals surface area contributed by atoms with E-state index in [-0.39, 0.29) is 43.5 Å². The summed E-state index contributed by atoms with van der Waals surface area (Å²) in [5.74, 6) is -0.902. The molecular weight excluding hydrogens is 524 g/mol. The Morgan fingerprint density at radius 3 is 1.95 bits per heavy atom. The van der Waals surface area contributed by atoms with Crippen LogP contribution in [0.15, 0.2) is 101 Å². The van der Waals surface area contributed by atoms with Gasteiger partial charge in [-0.3, -0.25) is 14.2 Å². The average molecular weight is 557 g/mol. The number of carbonyl (C=O) groups excluding carboxylic acids is 2. The van der Waals surface area contributed by atoms with Crippen LogP contribution in [0.5, 0.6) is 5.88 Å². The highest BCUT2D eigenvalue weighted by molar-refractivity contribution is 5.71. The van der Waals surface area contributed by atoms with Crippen molar-refractivity contribution in [1.82, 2.24) is 9.13 Å². The Morgan fingerprint density at radius 2 is 1.34 bits per heavy atom. The number of nitrogens with zero attached hydrogens (tertiary/aromatic N) is 2. The summed E-state index contributed by atoms with van der Waals surface area (Å²) in [6, 6.07) is 27.0. The van der Waals surface area contributed by atoms with E-state index in [0.717, 1.165) is 15.7 Å². The number of rotatable bonds is 11. The second-order valence-corrected chi connectivity index (χ2v) is 9.45. The van der Waals surface area contributed by atoms with Crippen molar-refractivity contribution in [1.29, 1.82) is 0 Å². The molecule has 0 N–H and O–H groups in total. The number of hydrogen-bond acceptors (Lipinski definition) is 7. The molecule has 1 unspecified atom stereocenters. The highest BCUT2D eigenvalue weighted by Crippen LogP contribution is 2.22. The number of aromatic nitrogens is 2. The Balaban J connectivity index is 1.75. The summed E-state index contributed by atoms with van der Waals surface area (Å²) in [6.45, 7) is 3.23. The summed E-state index contributed by atoms with van der Waals surface area (Å²) >= 11 is 0. The van der Waals surface area contributed by atoms with Crippen molar-refractivity contribution >= 4 is 12.1 Å². The zero-order valence-corrected chi connectivity index (χ0v) is 23.0. The predicted octanol–water partition coefficient (Wildman–Crippen LogP) is 4.74. The molecule has 41 heavy (non-hydrogen) atoms. The van der Waals surface area contributed by atoms with E-state index in [0.29, 0.717) is 12.1 Å². The molecule has 4 rings (SSSR count). The van der Waals surface area contributed by atoms with Crippen LogP contribution >= 0.6 is 0 Å². The van der Waals surface area contributed by atoms with E-state index in [1.54, 1.807) is 37.3 Å². The number of para-hydroxylation sites is 1. The fourth-order valence-corrected chi connectivity index (χ4v) is 4.14. The molecule has 0 amide bonds. The van der Waals surface area contributed by atoms with Gasteiger partial charge in [0.15, 0.2) is 0 Å². The molecule has 9 nitrogen and oxygen atoms in total. The minimum Gasteiger partial charge on any atom is -0.462 e. The number of benzene rings is 3. The second kappa shape index (κ2) is 13.9. The monoisotopic (exact) mass is 556 g/mol. The summed E-state index contributed by atoms with van der Waals surface area (Å²) < 4.78 is 18.2. The van der Waals surface area contributed by atoms with E-state index < -0.39 is 23.4 Å². The van der Waals surface area contributed by atoms with Crippen LogP contribution in [-0.4, -0.2) is 34.5 Å². The van der Waals surface area contributed by atoms with Crippen LogP contribution in [0, 0.1) is 5.92 Å². The van der Waals surface area contributed by atoms with Crippen LogP contribution in [0.2, 0.25) is 0 Å². The molecule has 1 heterocycles. The zero-order chi connectivity index (χ0) is 29.2. The van der Waals surface area contributed by atoms with Crippen molar-refractivity contribution in [2.75, 3.05) is 13.2 Å². The molecule has 0 bridgehead atoms. The summed E-state index contributed by atoms with van der Waals surface area (Å²) in [5.41, 5.74) is 0.795. The third-order valence-electron chi connectivity index (χ3n) is 6.55. The summed E-state index contributed by atoms with van der Waals surface area (Å²) in [4.78, 5) is 52.5. The molecule has 3 aromatic carbocycles. The van der Waals surface area contributed by atoms with Crippen LogP contribution in [-0.2, 0) is 27.2 Å². The van der Waals surface area contributed by atoms with Gasteiger partial charge in [0.2, 0.25) is 5.88 Å². The molecule has 212 valence electrons. The maximum absolute atomic E-state index is 13.9. The Bertz CT molecular complexity index is 1580. The topological polar surface area (TPSA) is 106 Å². The lowest BCUT2D eigenvalue weighted by Gasteiger charge is -2.19. The fraction of sp³-hybridized carbons (Fsp3) is 0.250. The second-order valence-electron chi connectivity index (χ2n) is 9.45. The standard InChI is InChI=1S/C32H32N2O7/c1-3-23(2)30(36)39-19-20-40-32(38)41-29-27(21-24-13-7-4-8-14-24)28(35)33(22-25-15-9-5-10-16-25)31(37)34(29)26-17-11-6-12-18-26/h4-18,23H,3,19-22H2,1-2H3. The van der Waals surface area contributed by atoms with Crippen LogP contribution < -0.4 is 16.0 Å². The van der Waals surface area contributed by atoms with Crippen molar-refractivity contribution in [2.45, 2.75) is 33.2 Å². The maximum Gasteiger partial charge on any atom is 0.515 e. The lowest BCUT2D eigenvalue weighted by atomic mass is 10.1. The van der Waals surface area contributed by atoms with Crippen LogP contribution in [0.25, 0.3) is 5.69 Å². The van der Waals surface area contributed by atoms with Gasteiger partial charge in [-0.1, -0.05) is 92.7 Å². The van der Waals surface area contributed by atoms with Crippen molar-refractivity contribution in [3.05, 3.63) is 129 Å². The van der Waals surface area contributed by atoms with Gasteiger partial charge in [0.05, 0.1) is 23.7 Å². The lowest BCUT2D eigenvalue weighted by Crippen LogP contribution is -2.42. The Kier molecular flexibility index (Phi) is 9.88. The molecule has 9 heteroatoms. The number of esters is 1. The molecule has 0 saturated carbocycles. The van der Waals surface area contributed by atoms with Crippen molar-refractivity contribution < 1.29 is 23.8 Å². The molecule has 1 atom stereocenters. The van der Waals surface area contributed by atoms with Crippen LogP contribution in [0.1, 0.15) is 37.0 Å². The molecule has 0 spiro atoms. The minimum atomic E-state index is -1.14. The number of carbonyl (C=O) groups is 2. The first-order valence-corrected chi connectivity index (χ1v) is 13.4. The van der Waals surface area contributed by atoms with Crippen molar-refractivity contribution in [3.8, 4) is 11.6 Å². The molecular formula is C32H32N2O7. The van der Waals surface area contributed by atoms with Gasteiger partial charge in [0.25, 0.3) is 5.56 Å². The average Bonchev–Trinajstić information content (AvgIpc) is 3.00. The molecule has 0 aliphatic rings. The molecule has 1 aromatic heterocycles. The maximum atomic E-state index is 13.9. The van der Waals surface area contributed by atoms with E-state index in [4.69, 9.17) is 14.2 Å². The molecule has 0 fully saturated rings. The first kappa shape index (κ1) is 29.1. The van der Waals surface area contributed by atoms with E-state index in [2.05, 4.69) is 0 Å². The van der Waals surface area contributed by atoms with E-state index in [1.165, 1.54) is 4.57 Å². The van der Waals surface area contributed by atoms with Gasteiger partial charge in [-0.05, 0) is 29.7 Å². The smallest absolute Gasteiger partial charge is 0.462 e. The molecule has 0 aliphatic carbocycles. The zero-order valence-electron chi connectivity index (χ0n) is 23.0. The van der Waals surface area contributed by atoms with Gasteiger partial charge in [-0.25, -0.2) is 14.2 Å².